The van der Waals surface area contributed by atoms with E-state index in [1.54, 1.807) is 0 Å². The van der Waals surface area contributed by atoms with Crippen LogP contribution < -0.4 is 5.73 Å². The van der Waals surface area contributed by atoms with Crippen LogP contribution in [0.1, 0.15) is 20.3 Å². The molecule has 0 unspecified atom stereocenters. The molecule has 4 heteroatoms. The van der Waals surface area contributed by atoms with E-state index < -0.39 is 0 Å². The molecule has 0 aromatic rings. The van der Waals surface area contributed by atoms with Gasteiger partial charge in [-0.25, -0.2) is 0 Å². The number of hydrogen-bond donors (Lipinski definition) is 1. The van der Waals surface area contributed by atoms with Gasteiger partial charge in [-0.3, -0.25) is 9.69 Å². The third-order valence-corrected chi connectivity index (χ3v) is 3.11. The number of carbonyl (C=O) groups is 1. The van der Waals surface area contributed by atoms with Gasteiger partial charge in [0, 0.05) is 32.7 Å². The zero-order valence-corrected chi connectivity index (χ0v) is 11.1. The van der Waals surface area contributed by atoms with Gasteiger partial charge in [0.1, 0.15) is 0 Å². The summed E-state index contributed by atoms with van der Waals surface area (Å²) in [6.07, 6.45) is 2.67. The number of hydrogen-bond acceptors (Lipinski definition) is 3. The second-order valence-electron chi connectivity index (χ2n) is 5.15. The Morgan fingerprint density at radius 3 is 2.41 bits per heavy atom. The molecule has 1 atom stereocenters. The quantitative estimate of drug-likeness (QED) is 0.718. The second kappa shape index (κ2) is 6.77. The molecule has 1 amide bonds. The highest BCUT2D eigenvalue weighted by Crippen LogP contribution is 2.08. The van der Waals surface area contributed by atoms with Gasteiger partial charge in [0.2, 0.25) is 5.91 Å². The molecular formula is C13H25N3O. The Morgan fingerprint density at radius 1 is 1.35 bits per heavy atom. The Balaban J connectivity index is 2.37. The summed E-state index contributed by atoms with van der Waals surface area (Å²) in [5.74, 6) is 0.577. The van der Waals surface area contributed by atoms with Crippen molar-refractivity contribution in [2.24, 2.45) is 11.7 Å². The topological polar surface area (TPSA) is 49.6 Å². The van der Waals surface area contributed by atoms with Crippen LogP contribution in [0.5, 0.6) is 0 Å². The van der Waals surface area contributed by atoms with E-state index in [4.69, 9.17) is 5.73 Å². The summed E-state index contributed by atoms with van der Waals surface area (Å²) < 4.78 is 0. The summed E-state index contributed by atoms with van der Waals surface area (Å²) in [7, 11) is 0. The van der Waals surface area contributed by atoms with E-state index in [0.29, 0.717) is 5.92 Å². The van der Waals surface area contributed by atoms with E-state index in [1.165, 1.54) is 0 Å². The molecule has 98 valence electrons. The fourth-order valence-electron chi connectivity index (χ4n) is 2.18. The first-order valence-electron chi connectivity index (χ1n) is 6.42. The third kappa shape index (κ3) is 4.48. The van der Waals surface area contributed by atoms with Crippen LogP contribution in [0.4, 0.5) is 0 Å². The molecule has 4 nitrogen and oxygen atoms in total. The highest BCUT2D eigenvalue weighted by molar-refractivity contribution is 5.81. The van der Waals surface area contributed by atoms with Crippen molar-refractivity contribution in [2.45, 2.75) is 26.3 Å². The summed E-state index contributed by atoms with van der Waals surface area (Å²) in [6.45, 7) is 12.2. The van der Waals surface area contributed by atoms with Gasteiger partial charge in [0.25, 0.3) is 0 Å². The van der Waals surface area contributed by atoms with Gasteiger partial charge in [-0.1, -0.05) is 19.9 Å². The van der Waals surface area contributed by atoms with Crippen molar-refractivity contribution in [3.05, 3.63) is 12.7 Å². The van der Waals surface area contributed by atoms with Crippen molar-refractivity contribution in [2.75, 3.05) is 32.7 Å². The fourth-order valence-corrected chi connectivity index (χ4v) is 2.18. The lowest BCUT2D eigenvalue weighted by molar-refractivity contribution is -0.134. The molecule has 0 bridgehead atoms. The lowest BCUT2D eigenvalue weighted by Crippen LogP contribution is -2.53. The van der Waals surface area contributed by atoms with Gasteiger partial charge in [0.15, 0.2) is 0 Å². The van der Waals surface area contributed by atoms with Crippen molar-refractivity contribution >= 4 is 5.91 Å². The molecule has 0 aliphatic carbocycles. The normalized spacial score (nSPS) is 19.4. The highest BCUT2D eigenvalue weighted by Gasteiger charge is 2.24. The Hall–Kier alpha value is -0.870. The van der Waals surface area contributed by atoms with Crippen LogP contribution in [0.15, 0.2) is 12.7 Å². The Kier molecular flexibility index (Phi) is 5.65. The van der Waals surface area contributed by atoms with Gasteiger partial charge in [0.05, 0.1) is 6.04 Å². The molecule has 0 aromatic carbocycles. The Labute approximate surface area is 104 Å². The lowest BCUT2D eigenvalue weighted by Gasteiger charge is -2.35. The maximum Gasteiger partial charge on any atom is 0.239 e. The number of piperazine rings is 1. The van der Waals surface area contributed by atoms with Crippen LogP contribution in [0.2, 0.25) is 0 Å². The summed E-state index contributed by atoms with van der Waals surface area (Å²) in [6, 6.07) is -0.332. The van der Waals surface area contributed by atoms with E-state index >= 15 is 0 Å². The largest absolute Gasteiger partial charge is 0.339 e. The number of rotatable bonds is 5. The molecule has 1 heterocycles. The number of amides is 1. The molecule has 1 saturated heterocycles. The summed E-state index contributed by atoms with van der Waals surface area (Å²) in [5, 5.41) is 0. The monoisotopic (exact) mass is 239 g/mol. The molecule has 0 radical (unpaired) electrons. The van der Waals surface area contributed by atoms with Crippen molar-refractivity contribution in [1.29, 1.82) is 0 Å². The molecule has 2 N–H and O–H groups in total. The van der Waals surface area contributed by atoms with Gasteiger partial charge < -0.3 is 10.6 Å². The average Bonchev–Trinajstić information content (AvgIpc) is 2.28. The second-order valence-corrected chi connectivity index (χ2v) is 5.15. The van der Waals surface area contributed by atoms with Crippen LogP contribution in [0.3, 0.4) is 0 Å². The standard InChI is InChI=1S/C13H25N3O/c1-4-5-15-6-8-16(9-7-15)13(17)12(14)10-11(2)3/h4,11-12H,1,5-10,14H2,2-3H3/t12-/m1/s1. The molecule has 1 aliphatic heterocycles. The van der Waals surface area contributed by atoms with Gasteiger partial charge in [-0.2, -0.15) is 0 Å². The van der Waals surface area contributed by atoms with Crippen LogP contribution in [-0.4, -0.2) is 54.5 Å². The smallest absolute Gasteiger partial charge is 0.239 e. The fraction of sp³-hybridized carbons (Fsp3) is 0.769. The van der Waals surface area contributed by atoms with Crippen molar-refractivity contribution in [3.63, 3.8) is 0 Å². The minimum absolute atomic E-state index is 0.108. The minimum Gasteiger partial charge on any atom is -0.339 e. The molecule has 17 heavy (non-hydrogen) atoms. The van der Waals surface area contributed by atoms with Crippen molar-refractivity contribution in [1.82, 2.24) is 9.80 Å². The van der Waals surface area contributed by atoms with Crippen LogP contribution in [0, 0.1) is 5.92 Å². The van der Waals surface area contributed by atoms with E-state index in [1.807, 2.05) is 11.0 Å². The molecule has 0 aromatic heterocycles. The molecule has 1 rings (SSSR count). The van der Waals surface area contributed by atoms with Crippen LogP contribution in [0.25, 0.3) is 0 Å². The predicted octanol–water partition coefficient (Wildman–Crippen LogP) is 0.690. The first-order chi connectivity index (χ1) is 8.04. The van der Waals surface area contributed by atoms with Crippen molar-refractivity contribution < 1.29 is 4.79 Å². The van der Waals surface area contributed by atoms with E-state index in [0.717, 1.165) is 39.1 Å². The number of nitrogens with zero attached hydrogens (tertiary/aromatic N) is 2. The highest BCUT2D eigenvalue weighted by atomic mass is 16.2. The maximum atomic E-state index is 12.1. The molecule has 0 saturated carbocycles. The number of carbonyl (C=O) groups excluding carboxylic acids is 1. The first-order valence-corrected chi connectivity index (χ1v) is 6.42. The Bertz CT molecular complexity index is 257. The summed E-state index contributed by atoms with van der Waals surface area (Å²) in [4.78, 5) is 16.3. The van der Waals surface area contributed by atoms with Crippen molar-refractivity contribution in [3.8, 4) is 0 Å². The third-order valence-electron chi connectivity index (χ3n) is 3.11. The first kappa shape index (κ1) is 14.2. The van der Waals surface area contributed by atoms with Gasteiger partial charge in [-0.15, -0.1) is 6.58 Å². The molecule has 1 fully saturated rings. The lowest BCUT2D eigenvalue weighted by atomic mass is 10.0. The molecular weight excluding hydrogens is 214 g/mol. The number of nitrogens with two attached hydrogens (primary N) is 1. The van der Waals surface area contributed by atoms with E-state index in [9.17, 15) is 4.79 Å². The SMILES string of the molecule is C=CCN1CCN(C(=O)[C@H](N)CC(C)C)CC1. The molecule has 1 aliphatic rings. The molecule has 0 spiro atoms. The van der Waals surface area contributed by atoms with Crippen LogP contribution >= 0.6 is 0 Å². The van der Waals surface area contributed by atoms with Crippen LogP contribution in [-0.2, 0) is 4.79 Å². The zero-order chi connectivity index (χ0) is 12.8. The maximum absolute atomic E-state index is 12.1. The van der Waals surface area contributed by atoms with Gasteiger partial charge >= 0.3 is 0 Å². The summed E-state index contributed by atoms with van der Waals surface area (Å²) >= 11 is 0. The van der Waals surface area contributed by atoms with E-state index in [2.05, 4.69) is 25.3 Å². The van der Waals surface area contributed by atoms with Gasteiger partial charge in [-0.05, 0) is 12.3 Å². The minimum atomic E-state index is -0.332. The summed E-state index contributed by atoms with van der Waals surface area (Å²) in [5.41, 5.74) is 5.92. The Morgan fingerprint density at radius 2 is 1.94 bits per heavy atom. The zero-order valence-electron chi connectivity index (χ0n) is 11.1. The van der Waals surface area contributed by atoms with E-state index in [-0.39, 0.29) is 11.9 Å². The predicted molar refractivity (Wildman–Crippen MR) is 70.6 cm³/mol. The average molecular weight is 239 g/mol.